The van der Waals surface area contributed by atoms with Crippen LogP contribution >= 0.6 is 0 Å². The van der Waals surface area contributed by atoms with Gasteiger partial charge in [-0.05, 0) is 26.3 Å². The fraction of sp³-hybridized carbons (Fsp3) is 0.400. The van der Waals surface area contributed by atoms with E-state index in [0.29, 0.717) is 0 Å². The van der Waals surface area contributed by atoms with E-state index in [2.05, 4.69) is 32.0 Å². The van der Waals surface area contributed by atoms with Crippen molar-refractivity contribution in [2.45, 2.75) is 26.9 Å². The Labute approximate surface area is 73.3 Å². The lowest BCUT2D eigenvalue weighted by molar-refractivity contribution is 0.0663. The van der Waals surface area contributed by atoms with Crippen molar-refractivity contribution in [1.29, 1.82) is 0 Å². The van der Waals surface area contributed by atoms with Crippen LogP contribution in [0.5, 0.6) is 0 Å². The maximum atomic E-state index is 5.10. The quantitative estimate of drug-likeness (QED) is 0.682. The van der Waals surface area contributed by atoms with Gasteiger partial charge < -0.3 is 0 Å². The highest BCUT2D eigenvalue weighted by Crippen LogP contribution is 2.17. The number of aryl methyl sites for hydroxylation is 2. The average molecular weight is 165 g/mol. The summed E-state index contributed by atoms with van der Waals surface area (Å²) < 4.78 is 0. The zero-order valence-corrected chi connectivity index (χ0v) is 7.79. The molecule has 0 heterocycles. The van der Waals surface area contributed by atoms with Gasteiger partial charge >= 0.3 is 0 Å². The predicted octanol–water partition coefficient (Wildman–Crippen LogP) is 2.25. The molecule has 2 heteroatoms. The summed E-state index contributed by atoms with van der Waals surface area (Å²) in [7, 11) is 0. The summed E-state index contributed by atoms with van der Waals surface area (Å²) in [6.07, 6.45) is -0.0244. The first kappa shape index (κ1) is 9.23. The highest BCUT2D eigenvalue weighted by molar-refractivity contribution is 5.29. The topological polar surface area (TPSA) is 35.2 Å². The Bertz CT molecular complexity index is 250. The van der Waals surface area contributed by atoms with Crippen LogP contribution in [-0.2, 0) is 4.84 Å². The van der Waals surface area contributed by atoms with Crippen molar-refractivity contribution in [2.24, 2.45) is 5.90 Å². The molecule has 1 atom stereocenters. The van der Waals surface area contributed by atoms with Gasteiger partial charge in [-0.2, -0.15) is 0 Å². The van der Waals surface area contributed by atoms with Crippen LogP contribution in [0.4, 0.5) is 0 Å². The van der Waals surface area contributed by atoms with E-state index in [1.807, 2.05) is 6.92 Å². The molecule has 0 saturated carbocycles. The third kappa shape index (κ3) is 2.06. The molecule has 1 aromatic carbocycles. The number of hydrogen-bond donors (Lipinski definition) is 1. The van der Waals surface area contributed by atoms with Gasteiger partial charge in [-0.25, -0.2) is 5.90 Å². The van der Waals surface area contributed by atoms with Crippen LogP contribution in [0.1, 0.15) is 29.7 Å². The number of hydrogen-bond acceptors (Lipinski definition) is 2. The first-order valence-corrected chi connectivity index (χ1v) is 4.07. The third-order valence-electron chi connectivity index (χ3n) is 1.92. The third-order valence-corrected chi connectivity index (χ3v) is 1.92. The van der Waals surface area contributed by atoms with Crippen LogP contribution in [-0.4, -0.2) is 0 Å². The first-order chi connectivity index (χ1) is 5.63. The minimum atomic E-state index is -0.0244. The van der Waals surface area contributed by atoms with Gasteiger partial charge in [0.15, 0.2) is 0 Å². The molecule has 1 aromatic rings. The van der Waals surface area contributed by atoms with Crippen molar-refractivity contribution in [3.05, 3.63) is 34.9 Å². The molecule has 12 heavy (non-hydrogen) atoms. The predicted molar refractivity (Wildman–Crippen MR) is 49.6 cm³/mol. The Morgan fingerprint density at radius 2 is 1.67 bits per heavy atom. The Morgan fingerprint density at radius 3 is 2.08 bits per heavy atom. The van der Waals surface area contributed by atoms with Crippen LogP contribution in [0.3, 0.4) is 0 Å². The lowest BCUT2D eigenvalue weighted by atomic mass is 10.0. The van der Waals surface area contributed by atoms with E-state index in [4.69, 9.17) is 10.7 Å². The summed E-state index contributed by atoms with van der Waals surface area (Å²) in [6.45, 7) is 6.08. The molecule has 0 aliphatic rings. The van der Waals surface area contributed by atoms with Gasteiger partial charge in [0.05, 0.1) is 0 Å². The van der Waals surface area contributed by atoms with Gasteiger partial charge in [0, 0.05) is 0 Å². The molecular formula is C10H15NO. The van der Waals surface area contributed by atoms with Crippen LogP contribution in [0.25, 0.3) is 0 Å². The van der Waals surface area contributed by atoms with Crippen molar-refractivity contribution in [3.8, 4) is 0 Å². The molecule has 0 aliphatic heterocycles. The van der Waals surface area contributed by atoms with Gasteiger partial charge in [-0.1, -0.05) is 29.3 Å². The molecule has 0 fully saturated rings. The molecule has 2 nitrogen and oxygen atoms in total. The lowest BCUT2D eigenvalue weighted by Crippen LogP contribution is -2.05. The maximum Gasteiger partial charge on any atom is 0.101 e. The van der Waals surface area contributed by atoms with Gasteiger partial charge in [0.2, 0.25) is 0 Å². The molecule has 0 aromatic heterocycles. The number of rotatable bonds is 2. The van der Waals surface area contributed by atoms with Crippen LogP contribution in [0.2, 0.25) is 0 Å². The van der Waals surface area contributed by atoms with E-state index in [-0.39, 0.29) is 6.10 Å². The Hall–Kier alpha value is -0.860. The molecule has 0 bridgehead atoms. The van der Waals surface area contributed by atoms with Crippen molar-refractivity contribution < 1.29 is 4.84 Å². The Morgan fingerprint density at radius 1 is 1.17 bits per heavy atom. The summed E-state index contributed by atoms with van der Waals surface area (Å²) in [5.41, 5.74) is 3.62. The summed E-state index contributed by atoms with van der Waals surface area (Å²) >= 11 is 0. The second-order valence-electron chi connectivity index (χ2n) is 3.20. The molecule has 0 spiro atoms. The van der Waals surface area contributed by atoms with Gasteiger partial charge in [0.1, 0.15) is 6.10 Å². The molecule has 1 unspecified atom stereocenters. The fourth-order valence-corrected chi connectivity index (χ4v) is 1.32. The molecule has 0 saturated heterocycles. The largest absolute Gasteiger partial charge is 0.297 e. The summed E-state index contributed by atoms with van der Waals surface area (Å²) in [5, 5.41) is 0. The Kier molecular flexibility index (Phi) is 2.84. The highest BCUT2D eigenvalue weighted by Gasteiger charge is 2.04. The van der Waals surface area contributed by atoms with E-state index in [1.165, 1.54) is 11.1 Å². The second-order valence-corrected chi connectivity index (χ2v) is 3.20. The zero-order chi connectivity index (χ0) is 9.14. The molecule has 66 valence electrons. The van der Waals surface area contributed by atoms with E-state index in [9.17, 15) is 0 Å². The van der Waals surface area contributed by atoms with Gasteiger partial charge in [-0.3, -0.25) is 4.84 Å². The zero-order valence-electron chi connectivity index (χ0n) is 7.79. The lowest BCUT2D eigenvalue weighted by Gasteiger charge is -2.10. The standard InChI is InChI=1S/C10H15NO/c1-7-4-8(2)6-10(5-7)9(3)12-11/h4-6,9H,11H2,1-3H3. The molecular weight excluding hydrogens is 150 g/mol. The van der Waals surface area contributed by atoms with Crippen molar-refractivity contribution in [2.75, 3.05) is 0 Å². The van der Waals surface area contributed by atoms with Crippen molar-refractivity contribution in [1.82, 2.24) is 0 Å². The molecule has 0 amide bonds. The van der Waals surface area contributed by atoms with Gasteiger partial charge in [0.25, 0.3) is 0 Å². The van der Waals surface area contributed by atoms with Gasteiger partial charge in [-0.15, -0.1) is 0 Å². The SMILES string of the molecule is Cc1cc(C)cc(C(C)ON)c1. The van der Waals surface area contributed by atoms with E-state index >= 15 is 0 Å². The maximum absolute atomic E-state index is 5.10. The van der Waals surface area contributed by atoms with Crippen LogP contribution < -0.4 is 5.90 Å². The monoisotopic (exact) mass is 165 g/mol. The fourth-order valence-electron chi connectivity index (χ4n) is 1.32. The molecule has 2 N–H and O–H groups in total. The van der Waals surface area contributed by atoms with E-state index in [1.54, 1.807) is 0 Å². The molecule has 1 rings (SSSR count). The van der Waals surface area contributed by atoms with Crippen molar-refractivity contribution >= 4 is 0 Å². The summed E-state index contributed by atoms with van der Waals surface area (Å²) in [5.74, 6) is 5.10. The minimum absolute atomic E-state index is 0.0244. The molecule has 0 aliphatic carbocycles. The van der Waals surface area contributed by atoms with Crippen LogP contribution in [0, 0.1) is 13.8 Å². The van der Waals surface area contributed by atoms with Crippen molar-refractivity contribution in [3.63, 3.8) is 0 Å². The number of nitrogens with two attached hydrogens (primary N) is 1. The van der Waals surface area contributed by atoms with Crippen LogP contribution in [0.15, 0.2) is 18.2 Å². The normalized spacial score (nSPS) is 13.0. The second kappa shape index (κ2) is 3.70. The highest BCUT2D eigenvalue weighted by atomic mass is 16.6. The average Bonchev–Trinajstić information content (AvgIpc) is 2.01. The van der Waals surface area contributed by atoms with E-state index in [0.717, 1.165) is 5.56 Å². The smallest absolute Gasteiger partial charge is 0.101 e. The van der Waals surface area contributed by atoms with E-state index < -0.39 is 0 Å². The Balaban J connectivity index is 3.00. The summed E-state index contributed by atoms with van der Waals surface area (Å²) in [4.78, 5) is 4.75. The molecule has 0 radical (unpaired) electrons. The number of benzene rings is 1. The minimum Gasteiger partial charge on any atom is -0.297 e. The first-order valence-electron chi connectivity index (χ1n) is 4.07. The summed E-state index contributed by atoms with van der Waals surface area (Å²) in [6, 6.07) is 6.31.